The van der Waals surface area contributed by atoms with E-state index < -0.39 is 23.8 Å². The molecule has 0 amide bonds. The first-order valence-corrected chi connectivity index (χ1v) is 10.1. The minimum atomic E-state index is -0.893. The molecule has 2 N–H and O–H groups in total. The number of esters is 1. The van der Waals surface area contributed by atoms with E-state index in [-0.39, 0.29) is 17.7 Å². The van der Waals surface area contributed by atoms with Crippen LogP contribution < -0.4 is 5.32 Å². The summed E-state index contributed by atoms with van der Waals surface area (Å²) in [6, 6.07) is 9.44. The highest BCUT2D eigenvalue weighted by atomic mass is 16.5. The molecule has 1 fully saturated rings. The Hall–Kier alpha value is -2.21. The highest BCUT2D eigenvalue weighted by Crippen LogP contribution is 2.33. The lowest BCUT2D eigenvalue weighted by Gasteiger charge is -2.22. The van der Waals surface area contributed by atoms with Crippen LogP contribution in [0.4, 0.5) is 0 Å². The fourth-order valence-corrected chi connectivity index (χ4v) is 3.89. The van der Waals surface area contributed by atoms with Gasteiger partial charge in [0.15, 0.2) is 5.78 Å². The van der Waals surface area contributed by atoms with E-state index in [2.05, 4.69) is 5.32 Å². The van der Waals surface area contributed by atoms with Crippen LogP contribution in [-0.4, -0.2) is 42.0 Å². The molecular formula is C22H31NO5. The number of benzene rings is 1. The smallest absolute Gasteiger partial charge is 0.310 e. The maximum Gasteiger partial charge on any atom is 0.310 e. The first-order chi connectivity index (χ1) is 13.4. The van der Waals surface area contributed by atoms with Crippen LogP contribution in [0, 0.1) is 17.8 Å². The zero-order valence-corrected chi connectivity index (χ0v) is 16.7. The Morgan fingerprint density at radius 1 is 1.18 bits per heavy atom. The highest BCUT2D eigenvalue weighted by Gasteiger charge is 2.39. The Labute approximate surface area is 166 Å². The topological polar surface area (TPSA) is 92.7 Å². The fourth-order valence-electron chi connectivity index (χ4n) is 3.89. The van der Waals surface area contributed by atoms with Gasteiger partial charge in [-0.25, -0.2) is 0 Å². The third-order valence-corrected chi connectivity index (χ3v) is 5.54. The molecule has 0 spiro atoms. The van der Waals surface area contributed by atoms with Crippen LogP contribution in [0.25, 0.3) is 0 Å². The van der Waals surface area contributed by atoms with Crippen molar-refractivity contribution in [3.05, 3.63) is 35.9 Å². The molecule has 28 heavy (non-hydrogen) atoms. The van der Waals surface area contributed by atoms with Crippen LogP contribution in [0.2, 0.25) is 0 Å². The van der Waals surface area contributed by atoms with E-state index in [1.807, 2.05) is 30.3 Å². The van der Waals surface area contributed by atoms with E-state index in [1.165, 1.54) is 0 Å². The van der Waals surface area contributed by atoms with Crippen molar-refractivity contribution < 1.29 is 24.2 Å². The number of hydrogen-bond donors (Lipinski definition) is 2. The molecule has 0 saturated heterocycles. The number of carboxylic acid groups (broad SMARTS) is 1. The molecule has 6 nitrogen and oxygen atoms in total. The molecule has 154 valence electrons. The lowest BCUT2D eigenvalue weighted by molar-refractivity contribution is -0.148. The van der Waals surface area contributed by atoms with E-state index in [0.717, 1.165) is 18.4 Å². The molecule has 1 aromatic rings. The Bertz CT molecular complexity index is 660. The number of aryl methyl sites for hydroxylation is 1. The molecular weight excluding hydrogens is 358 g/mol. The molecule has 1 saturated carbocycles. The Morgan fingerprint density at radius 2 is 1.86 bits per heavy atom. The molecule has 2 rings (SSSR count). The quantitative estimate of drug-likeness (QED) is 0.566. The number of hydrogen-bond acceptors (Lipinski definition) is 5. The van der Waals surface area contributed by atoms with Crippen molar-refractivity contribution in [2.75, 3.05) is 13.2 Å². The minimum Gasteiger partial charge on any atom is -0.481 e. The van der Waals surface area contributed by atoms with Crippen LogP contribution >= 0.6 is 0 Å². The minimum absolute atomic E-state index is 0.0735. The Kier molecular flexibility index (Phi) is 8.64. The Morgan fingerprint density at radius 3 is 2.50 bits per heavy atom. The zero-order chi connectivity index (χ0) is 20.5. The standard InChI is InChI=1S/C22H31NO5/c1-3-28-22(27)17(13-12-16-8-5-4-6-9-16)14-23-15(2)20(24)18-10-7-11-19(18)21(25)26/h4-6,8-9,15,17-19,23H,3,7,10-14H2,1-2H3,(H,25,26)/t15-,17+,18?,19-/m0/s1. The van der Waals surface area contributed by atoms with Gasteiger partial charge in [0.1, 0.15) is 0 Å². The second kappa shape index (κ2) is 11.0. The van der Waals surface area contributed by atoms with Crippen molar-refractivity contribution in [1.29, 1.82) is 0 Å². The third-order valence-electron chi connectivity index (χ3n) is 5.54. The number of nitrogens with one attached hydrogen (secondary N) is 1. The molecule has 0 aliphatic heterocycles. The van der Waals surface area contributed by atoms with E-state index in [9.17, 15) is 19.5 Å². The molecule has 0 aromatic heterocycles. The van der Waals surface area contributed by atoms with Gasteiger partial charge in [-0.3, -0.25) is 14.4 Å². The molecule has 1 unspecified atom stereocenters. The van der Waals surface area contributed by atoms with Gasteiger partial charge in [-0.1, -0.05) is 36.8 Å². The monoisotopic (exact) mass is 389 g/mol. The van der Waals surface area contributed by atoms with Gasteiger partial charge in [0.05, 0.1) is 24.5 Å². The van der Waals surface area contributed by atoms with Gasteiger partial charge >= 0.3 is 11.9 Å². The number of carbonyl (C=O) groups excluding carboxylic acids is 2. The van der Waals surface area contributed by atoms with Gasteiger partial charge < -0.3 is 15.2 Å². The van der Waals surface area contributed by atoms with Gasteiger partial charge in [0.25, 0.3) is 0 Å². The SMILES string of the molecule is CCOC(=O)[C@H](CCc1ccccc1)CN[C@@H](C)C(=O)C1CCC[C@@H]1C(=O)O. The van der Waals surface area contributed by atoms with Gasteiger partial charge in [-0.15, -0.1) is 0 Å². The first-order valence-electron chi connectivity index (χ1n) is 10.1. The summed E-state index contributed by atoms with van der Waals surface area (Å²) in [6.07, 6.45) is 3.32. The second-order valence-electron chi connectivity index (χ2n) is 7.49. The maximum absolute atomic E-state index is 12.7. The van der Waals surface area contributed by atoms with Crippen molar-refractivity contribution in [2.24, 2.45) is 17.8 Å². The van der Waals surface area contributed by atoms with Gasteiger partial charge in [-0.05, 0) is 45.1 Å². The summed E-state index contributed by atoms with van der Waals surface area (Å²) in [5.41, 5.74) is 1.15. The summed E-state index contributed by atoms with van der Waals surface area (Å²) in [5, 5.41) is 12.5. The predicted molar refractivity (Wildman–Crippen MR) is 106 cm³/mol. The molecule has 0 radical (unpaired) electrons. The Balaban J connectivity index is 1.92. The van der Waals surface area contributed by atoms with Gasteiger partial charge in [0.2, 0.25) is 0 Å². The summed E-state index contributed by atoms with van der Waals surface area (Å²) < 4.78 is 5.19. The summed E-state index contributed by atoms with van der Waals surface area (Å²) in [4.78, 5) is 36.4. The number of carboxylic acids is 1. The number of ketones is 1. The van der Waals surface area contributed by atoms with Crippen LogP contribution in [0.15, 0.2) is 30.3 Å². The number of rotatable bonds is 11. The van der Waals surface area contributed by atoms with Crippen molar-refractivity contribution >= 4 is 17.7 Å². The summed E-state index contributed by atoms with van der Waals surface area (Å²) in [5.74, 6) is -2.61. The van der Waals surface area contributed by atoms with E-state index >= 15 is 0 Å². The van der Waals surface area contributed by atoms with E-state index in [4.69, 9.17) is 4.74 Å². The maximum atomic E-state index is 12.7. The lowest BCUT2D eigenvalue weighted by atomic mass is 9.88. The van der Waals surface area contributed by atoms with Crippen LogP contribution in [0.5, 0.6) is 0 Å². The predicted octanol–water partition coefficient (Wildman–Crippen LogP) is 2.85. The molecule has 6 heteroatoms. The molecule has 1 aliphatic carbocycles. The average molecular weight is 389 g/mol. The molecule has 0 heterocycles. The average Bonchev–Trinajstić information content (AvgIpc) is 3.18. The van der Waals surface area contributed by atoms with Crippen LogP contribution in [0.3, 0.4) is 0 Å². The summed E-state index contributed by atoms with van der Waals surface area (Å²) in [7, 11) is 0. The van der Waals surface area contributed by atoms with E-state index in [0.29, 0.717) is 32.4 Å². The summed E-state index contributed by atoms with van der Waals surface area (Å²) >= 11 is 0. The molecule has 1 aromatic carbocycles. The fraction of sp³-hybridized carbons (Fsp3) is 0.591. The number of Topliss-reactive ketones (excluding diaryl/α,β-unsaturated/α-hetero) is 1. The van der Waals surface area contributed by atoms with Gasteiger partial charge in [0, 0.05) is 12.5 Å². The molecule has 1 aliphatic rings. The number of carbonyl (C=O) groups is 3. The van der Waals surface area contributed by atoms with Crippen molar-refractivity contribution in [2.45, 2.75) is 52.0 Å². The largest absolute Gasteiger partial charge is 0.481 e. The second-order valence-corrected chi connectivity index (χ2v) is 7.49. The normalized spacial score (nSPS) is 21.1. The lowest BCUT2D eigenvalue weighted by Crippen LogP contribution is -2.43. The summed E-state index contributed by atoms with van der Waals surface area (Å²) in [6.45, 7) is 4.18. The number of aliphatic carboxylic acids is 1. The highest BCUT2D eigenvalue weighted by molar-refractivity contribution is 5.90. The van der Waals surface area contributed by atoms with Crippen molar-refractivity contribution in [3.8, 4) is 0 Å². The molecule has 0 bridgehead atoms. The zero-order valence-electron chi connectivity index (χ0n) is 16.7. The first kappa shape index (κ1) is 22.1. The van der Waals surface area contributed by atoms with Gasteiger partial charge in [-0.2, -0.15) is 0 Å². The van der Waals surface area contributed by atoms with E-state index in [1.54, 1.807) is 13.8 Å². The molecule has 4 atom stereocenters. The van der Waals surface area contributed by atoms with Crippen LogP contribution in [0.1, 0.15) is 45.1 Å². The van der Waals surface area contributed by atoms with Crippen LogP contribution in [-0.2, 0) is 25.5 Å². The van der Waals surface area contributed by atoms with Crippen molar-refractivity contribution in [1.82, 2.24) is 5.32 Å². The third kappa shape index (κ3) is 6.16. The van der Waals surface area contributed by atoms with Crippen molar-refractivity contribution in [3.63, 3.8) is 0 Å². The number of ether oxygens (including phenoxy) is 1.